The quantitative estimate of drug-likeness (QED) is 0.760. The molecule has 0 fully saturated rings. The van der Waals surface area contributed by atoms with E-state index in [0.717, 1.165) is 12.2 Å². The molecule has 0 bridgehead atoms. The predicted octanol–water partition coefficient (Wildman–Crippen LogP) is 1.44. The Labute approximate surface area is 79.6 Å². The van der Waals surface area contributed by atoms with Crippen molar-refractivity contribution in [2.75, 3.05) is 13.6 Å². The second-order valence-electron chi connectivity index (χ2n) is 3.45. The van der Waals surface area contributed by atoms with Gasteiger partial charge in [-0.05, 0) is 19.5 Å². The minimum absolute atomic E-state index is 0.459. The van der Waals surface area contributed by atoms with Crippen LogP contribution >= 0.6 is 0 Å². The topological polar surface area (TPSA) is 37.8 Å². The van der Waals surface area contributed by atoms with Gasteiger partial charge >= 0.3 is 0 Å². The van der Waals surface area contributed by atoms with Crippen LogP contribution in [0, 0.1) is 5.92 Å². The number of aromatic nitrogens is 2. The third-order valence-corrected chi connectivity index (χ3v) is 2.43. The first-order valence-corrected chi connectivity index (χ1v) is 4.66. The fourth-order valence-corrected chi connectivity index (χ4v) is 1.34. The first-order chi connectivity index (χ1) is 6.25. The first kappa shape index (κ1) is 10.1. The lowest BCUT2D eigenvalue weighted by molar-refractivity contribution is 0.457. The Morgan fingerprint density at radius 2 is 2.15 bits per heavy atom. The Morgan fingerprint density at radius 1 is 1.38 bits per heavy atom. The molecular weight excluding hydrogens is 162 g/mol. The highest BCUT2D eigenvalue weighted by Crippen LogP contribution is 2.20. The molecule has 0 amide bonds. The fourth-order valence-electron chi connectivity index (χ4n) is 1.34. The third kappa shape index (κ3) is 2.77. The van der Waals surface area contributed by atoms with E-state index in [1.54, 1.807) is 12.4 Å². The zero-order valence-electron chi connectivity index (χ0n) is 8.49. The van der Waals surface area contributed by atoms with Gasteiger partial charge in [0.2, 0.25) is 0 Å². The van der Waals surface area contributed by atoms with Crippen molar-refractivity contribution in [3.8, 4) is 0 Å². The van der Waals surface area contributed by atoms with Gasteiger partial charge in [0.1, 0.15) is 0 Å². The van der Waals surface area contributed by atoms with E-state index in [1.165, 1.54) is 0 Å². The standard InChI is InChI=1S/C10H17N3/c1-8(6-11-3)9(2)10-7-12-4-5-13-10/h4-5,7-9,11H,6H2,1-3H3. The minimum atomic E-state index is 0.459. The Bertz CT molecular complexity index is 235. The summed E-state index contributed by atoms with van der Waals surface area (Å²) in [7, 11) is 1.97. The van der Waals surface area contributed by atoms with Crippen molar-refractivity contribution < 1.29 is 0 Å². The highest BCUT2D eigenvalue weighted by Gasteiger charge is 2.14. The molecule has 72 valence electrons. The largest absolute Gasteiger partial charge is 0.319 e. The van der Waals surface area contributed by atoms with Crippen molar-refractivity contribution in [2.24, 2.45) is 5.92 Å². The lowest BCUT2D eigenvalue weighted by Crippen LogP contribution is -2.21. The fraction of sp³-hybridized carbons (Fsp3) is 0.600. The van der Waals surface area contributed by atoms with Crippen LogP contribution in [0.1, 0.15) is 25.5 Å². The molecule has 0 aliphatic heterocycles. The number of hydrogen-bond acceptors (Lipinski definition) is 3. The van der Waals surface area contributed by atoms with Crippen LogP contribution in [0.15, 0.2) is 18.6 Å². The monoisotopic (exact) mass is 179 g/mol. The first-order valence-electron chi connectivity index (χ1n) is 4.66. The van der Waals surface area contributed by atoms with Gasteiger partial charge < -0.3 is 5.32 Å². The second kappa shape index (κ2) is 4.92. The van der Waals surface area contributed by atoms with Crippen LogP contribution < -0.4 is 5.32 Å². The molecule has 1 heterocycles. The summed E-state index contributed by atoms with van der Waals surface area (Å²) >= 11 is 0. The molecule has 0 aliphatic carbocycles. The van der Waals surface area contributed by atoms with Crippen LogP contribution in [-0.4, -0.2) is 23.6 Å². The van der Waals surface area contributed by atoms with Gasteiger partial charge in [-0.1, -0.05) is 13.8 Å². The summed E-state index contributed by atoms with van der Waals surface area (Å²) in [4.78, 5) is 8.36. The van der Waals surface area contributed by atoms with Crippen molar-refractivity contribution in [3.05, 3.63) is 24.3 Å². The smallest absolute Gasteiger partial charge is 0.0617 e. The Hall–Kier alpha value is -0.960. The van der Waals surface area contributed by atoms with Gasteiger partial charge in [-0.3, -0.25) is 9.97 Å². The summed E-state index contributed by atoms with van der Waals surface area (Å²) in [6.45, 7) is 5.42. The summed E-state index contributed by atoms with van der Waals surface area (Å²) in [5.41, 5.74) is 1.07. The summed E-state index contributed by atoms with van der Waals surface area (Å²) < 4.78 is 0. The molecule has 2 unspecified atom stereocenters. The average Bonchev–Trinajstić information content (AvgIpc) is 2.18. The predicted molar refractivity (Wildman–Crippen MR) is 53.5 cm³/mol. The highest BCUT2D eigenvalue weighted by atomic mass is 14.8. The lowest BCUT2D eigenvalue weighted by Gasteiger charge is -2.18. The Balaban J connectivity index is 2.62. The van der Waals surface area contributed by atoms with Crippen LogP contribution in [0.5, 0.6) is 0 Å². The normalized spacial score (nSPS) is 15.3. The molecule has 0 aliphatic rings. The average molecular weight is 179 g/mol. The van der Waals surface area contributed by atoms with Gasteiger partial charge in [0.05, 0.1) is 5.69 Å². The van der Waals surface area contributed by atoms with Crippen LogP contribution in [0.2, 0.25) is 0 Å². The van der Waals surface area contributed by atoms with E-state index in [-0.39, 0.29) is 0 Å². The van der Waals surface area contributed by atoms with Crippen LogP contribution in [-0.2, 0) is 0 Å². The molecule has 1 aromatic rings. The molecule has 1 rings (SSSR count). The maximum Gasteiger partial charge on any atom is 0.0617 e. The van der Waals surface area contributed by atoms with E-state index in [1.807, 2.05) is 13.2 Å². The number of nitrogens with one attached hydrogen (secondary N) is 1. The molecule has 0 aromatic carbocycles. The third-order valence-electron chi connectivity index (χ3n) is 2.43. The molecule has 1 aromatic heterocycles. The molecule has 0 saturated heterocycles. The van der Waals surface area contributed by atoms with Crippen LogP contribution in [0.3, 0.4) is 0 Å². The van der Waals surface area contributed by atoms with Crippen molar-refractivity contribution in [1.29, 1.82) is 0 Å². The SMILES string of the molecule is CNCC(C)C(C)c1cnccn1. The van der Waals surface area contributed by atoms with Gasteiger partial charge in [-0.25, -0.2) is 0 Å². The van der Waals surface area contributed by atoms with E-state index >= 15 is 0 Å². The molecule has 0 spiro atoms. The van der Waals surface area contributed by atoms with Crippen LogP contribution in [0.25, 0.3) is 0 Å². The van der Waals surface area contributed by atoms with E-state index in [9.17, 15) is 0 Å². The highest BCUT2D eigenvalue weighted by molar-refractivity contribution is 5.03. The second-order valence-corrected chi connectivity index (χ2v) is 3.45. The lowest BCUT2D eigenvalue weighted by atomic mass is 9.93. The number of hydrogen-bond donors (Lipinski definition) is 1. The van der Waals surface area contributed by atoms with Crippen molar-refractivity contribution in [2.45, 2.75) is 19.8 Å². The molecule has 3 heteroatoms. The molecule has 0 radical (unpaired) electrons. The zero-order chi connectivity index (χ0) is 9.68. The molecular formula is C10H17N3. The zero-order valence-corrected chi connectivity index (χ0v) is 8.49. The number of nitrogens with zero attached hydrogens (tertiary/aromatic N) is 2. The maximum absolute atomic E-state index is 4.29. The van der Waals surface area contributed by atoms with Gasteiger partial charge in [-0.15, -0.1) is 0 Å². The molecule has 0 saturated carbocycles. The molecule has 13 heavy (non-hydrogen) atoms. The maximum atomic E-state index is 4.29. The summed E-state index contributed by atoms with van der Waals surface area (Å²) in [5.74, 6) is 1.04. The van der Waals surface area contributed by atoms with E-state index in [0.29, 0.717) is 11.8 Å². The summed E-state index contributed by atoms with van der Waals surface area (Å²) in [5, 5.41) is 3.17. The molecule has 3 nitrogen and oxygen atoms in total. The van der Waals surface area contributed by atoms with Gasteiger partial charge in [0, 0.05) is 24.5 Å². The van der Waals surface area contributed by atoms with E-state index in [4.69, 9.17) is 0 Å². The minimum Gasteiger partial charge on any atom is -0.319 e. The Kier molecular flexibility index (Phi) is 3.83. The van der Waals surface area contributed by atoms with Gasteiger partial charge in [0.25, 0.3) is 0 Å². The van der Waals surface area contributed by atoms with Crippen LogP contribution in [0.4, 0.5) is 0 Å². The van der Waals surface area contributed by atoms with Crippen molar-refractivity contribution in [1.82, 2.24) is 15.3 Å². The number of rotatable bonds is 4. The van der Waals surface area contributed by atoms with E-state index in [2.05, 4.69) is 29.1 Å². The Morgan fingerprint density at radius 3 is 2.69 bits per heavy atom. The molecule has 1 N–H and O–H groups in total. The molecule has 2 atom stereocenters. The van der Waals surface area contributed by atoms with Crippen molar-refractivity contribution >= 4 is 0 Å². The van der Waals surface area contributed by atoms with E-state index < -0.39 is 0 Å². The van der Waals surface area contributed by atoms with Gasteiger partial charge in [0.15, 0.2) is 0 Å². The van der Waals surface area contributed by atoms with Crippen molar-refractivity contribution in [3.63, 3.8) is 0 Å². The van der Waals surface area contributed by atoms with Gasteiger partial charge in [-0.2, -0.15) is 0 Å². The summed E-state index contributed by atoms with van der Waals surface area (Å²) in [6, 6.07) is 0. The summed E-state index contributed by atoms with van der Waals surface area (Å²) in [6.07, 6.45) is 5.30.